The molecule has 0 bridgehead atoms. The molecule has 0 saturated carbocycles. The van der Waals surface area contributed by atoms with Gasteiger partial charge in [-0.05, 0) is 0 Å². The average molecular weight is 248 g/mol. The van der Waals surface area contributed by atoms with E-state index in [2.05, 4.69) is 14.7 Å². The largest absolute Gasteiger partial charge is 0.467 e. The van der Waals surface area contributed by atoms with Crippen molar-refractivity contribution >= 4 is 11.9 Å². The van der Waals surface area contributed by atoms with Crippen LogP contribution in [-0.4, -0.2) is 39.9 Å². The fraction of sp³-hybridized carbons (Fsp3) is 0.455. The fourth-order valence-corrected chi connectivity index (χ4v) is 2.01. The lowest BCUT2D eigenvalue weighted by Crippen LogP contribution is -2.49. The van der Waals surface area contributed by atoms with Crippen LogP contribution < -0.4 is 0 Å². The predicted molar refractivity (Wildman–Crippen MR) is 58.9 cm³/mol. The molecule has 1 aromatic heterocycles. The zero-order chi connectivity index (χ0) is 13.1. The molecule has 0 aliphatic carbocycles. The number of ether oxygens (including phenoxy) is 1. The number of esters is 1. The maximum Gasteiger partial charge on any atom is 0.329 e. The number of imidazole rings is 1. The summed E-state index contributed by atoms with van der Waals surface area (Å²) >= 11 is 0. The molecule has 1 N–H and O–H groups in total. The smallest absolute Gasteiger partial charge is 0.329 e. The Bertz CT molecular complexity index is 517. The van der Waals surface area contributed by atoms with Crippen molar-refractivity contribution in [3.05, 3.63) is 17.7 Å². The van der Waals surface area contributed by atoms with Gasteiger partial charge in [-0.25, -0.2) is 9.78 Å². The molecule has 1 unspecified atom stereocenters. The molecule has 0 radical (unpaired) electrons. The Morgan fingerprint density at radius 2 is 2.50 bits per heavy atom. The number of fused-ring (bicyclic) bond motifs is 1. The second kappa shape index (κ2) is 4.87. The highest BCUT2D eigenvalue weighted by Crippen LogP contribution is 2.22. The minimum absolute atomic E-state index is 0.246. The molecule has 0 spiro atoms. The van der Waals surface area contributed by atoms with Gasteiger partial charge in [-0.1, -0.05) is 0 Å². The van der Waals surface area contributed by atoms with E-state index in [1.54, 1.807) is 6.07 Å². The molecule has 2 rings (SSSR count). The van der Waals surface area contributed by atoms with E-state index in [4.69, 9.17) is 5.26 Å². The first-order valence-corrected chi connectivity index (χ1v) is 5.42. The Morgan fingerprint density at radius 1 is 1.72 bits per heavy atom. The van der Waals surface area contributed by atoms with Crippen LogP contribution in [0.2, 0.25) is 0 Å². The Balaban J connectivity index is 2.28. The van der Waals surface area contributed by atoms with Crippen LogP contribution in [0.15, 0.2) is 6.33 Å². The maximum atomic E-state index is 11.8. The first-order chi connectivity index (χ1) is 8.67. The number of aromatic nitrogens is 2. The summed E-state index contributed by atoms with van der Waals surface area (Å²) in [6, 6.07) is 1.09. The number of amides is 1. The standard InChI is InChI=1S/C11H12N4O3/c1-18-11(17)9-4-7-8(14-6-13-7)5-15(9)10(16)2-3-12/h6,9H,2,4-5H2,1H3,(H,13,14). The monoisotopic (exact) mass is 248 g/mol. The quantitative estimate of drug-likeness (QED) is 0.727. The van der Waals surface area contributed by atoms with Crippen LogP contribution in [-0.2, 0) is 27.3 Å². The van der Waals surface area contributed by atoms with Gasteiger partial charge in [0, 0.05) is 6.42 Å². The third-order valence-electron chi connectivity index (χ3n) is 2.92. The van der Waals surface area contributed by atoms with Crippen molar-refractivity contribution in [2.24, 2.45) is 0 Å². The molecule has 1 amide bonds. The molecule has 1 atom stereocenters. The lowest BCUT2D eigenvalue weighted by molar-refractivity contribution is -0.153. The first kappa shape index (κ1) is 12.1. The van der Waals surface area contributed by atoms with Gasteiger partial charge in [-0.2, -0.15) is 5.26 Å². The molecule has 1 aliphatic rings. The second-order valence-electron chi connectivity index (χ2n) is 3.93. The minimum atomic E-state index is -0.702. The van der Waals surface area contributed by atoms with Gasteiger partial charge in [-0.3, -0.25) is 4.79 Å². The fourth-order valence-electron chi connectivity index (χ4n) is 2.01. The highest BCUT2D eigenvalue weighted by molar-refractivity contribution is 5.86. The summed E-state index contributed by atoms with van der Waals surface area (Å²) in [6.07, 6.45) is 1.58. The summed E-state index contributed by atoms with van der Waals surface area (Å²) in [6.45, 7) is 0.246. The van der Waals surface area contributed by atoms with Crippen LogP contribution >= 0.6 is 0 Å². The Kier molecular flexibility index (Phi) is 3.28. The number of carbonyl (C=O) groups excluding carboxylic acids is 2. The van der Waals surface area contributed by atoms with Crippen molar-refractivity contribution in [3.63, 3.8) is 0 Å². The third kappa shape index (κ3) is 2.05. The molecular formula is C11H12N4O3. The van der Waals surface area contributed by atoms with Crippen LogP contribution in [0.4, 0.5) is 0 Å². The summed E-state index contributed by atoms with van der Waals surface area (Å²) in [5.41, 5.74) is 1.55. The van der Waals surface area contributed by atoms with Gasteiger partial charge >= 0.3 is 5.97 Å². The van der Waals surface area contributed by atoms with Gasteiger partial charge in [0.25, 0.3) is 0 Å². The van der Waals surface area contributed by atoms with Crippen LogP contribution in [0.3, 0.4) is 0 Å². The Hall–Kier alpha value is -2.36. The zero-order valence-corrected chi connectivity index (χ0v) is 9.84. The zero-order valence-electron chi connectivity index (χ0n) is 9.84. The highest BCUT2D eigenvalue weighted by atomic mass is 16.5. The molecule has 7 heteroatoms. The Morgan fingerprint density at radius 3 is 3.17 bits per heavy atom. The maximum absolute atomic E-state index is 11.8. The predicted octanol–water partition coefficient (Wildman–Crippen LogP) is -0.250. The number of nitrogens with zero attached hydrogens (tertiary/aromatic N) is 3. The molecule has 0 aromatic carbocycles. The van der Waals surface area contributed by atoms with Crippen LogP contribution in [0.25, 0.3) is 0 Å². The topological polar surface area (TPSA) is 99.1 Å². The summed E-state index contributed by atoms with van der Waals surface area (Å²) in [7, 11) is 1.27. The molecule has 0 fully saturated rings. The highest BCUT2D eigenvalue weighted by Gasteiger charge is 2.36. The number of hydrogen-bond donors (Lipinski definition) is 1. The molecular weight excluding hydrogens is 236 g/mol. The van der Waals surface area contributed by atoms with E-state index < -0.39 is 12.0 Å². The number of rotatable bonds is 2. The van der Waals surface area contributed by atoms with E-state index in [0.29, 0.717) is 6.42 Å². The Labute approximate surface area is 103 Å². The third-order valence-corrected chi connectivity index (χ3v) is 2.92. The summed E-state index contributed by atoms with van der Waals surface area (Å²) in [5, 5.41) is 8.57. The number of aromatic amines is 1. The number of carbonyl (C=O) groups is 2. The molecule has 7 nitrogen and oxygen atoms in total. The van der Waals surface area contributed by atoms with Gasteiger partial charge in [-0.15, -0.1) is 0 Å². The lowest BCUT2D eigenvalue weighted by Gasteiger charge is -2.32. The first-order valence-electron chi connectivity index (χ1n) is 5.42. The lowest BCUT2D eigenvalue weighted by atomic mass is 10.0. The van der Waals surface area contributed by atoms with E-state index >= 15 is 0 Å². The molecule has 1 aromatic rings. The van der Waals surface area contributed by atoms with Gasteiger partial charge in [0.05, 0.1) is 37.4 Å². The van der Waals surface area contributed by atoms with Crippen molar-refractivity contribution in [1.29, 1.82) is 5.26 Å². The van der Waals surface area contributed by atoms with Crippen molar-refractivity contribution in [2.75, 3.05) is 7.11 Å². The summed E-state index contributed by atoms with van der Waals surface area (Å²) in [4.78, 5) is 31.9. The SMILES string of the molecule is COC(=O)C1Cc2nc[nH]c2CN1C(=O)CC#N. The average Bonchev–Trinajstić information content (AvgIpc) is 2.83. The molecule has 1 aliphatic heterocycles. The summed E-state index contributed by atoms with van der Waals surface area (Å²) in [5.74, 6) is -0.872. The number of hydrogen-bond acceptors (Lipinski definition) is 5. The van der Waals surface area contributed by atoms with Gasteiger partial charge in [0.1, 0.15) is 12.5 Å². The van der Waals surface area contributed by atoms with Gasteiger partial charge in [0.15, 0.2) is 0 Å². The number of nitrogens with one attached hydrogen (secondary N) is 1. The minimum Gasteiger partial charge on any atom is -0.467 e. The van der Waals surface area contributed by atoms with E-state index in [9.17, 15) is 9.59 Å². The van der Waals surface area contributed by atoms with Crippen LogP contribution in [0.1, 0.15) is 17.8 Å². The molecule has 2 heterocycles. The van der Waals surface area contributed by atoms with Crippen molar-refractivity contribution in [1.82, 2.24) is 14.9 Å². The van der Waals surface area contributed by atoms with Crippen LogP contribution in [0.5, 0.6) is 0 Å². The number of H-pyrrole nitrogens is 1. The van der Waals surface area contributed by atoms with E-state index in [1.807, 2.05) is 0 Å². The van der Waals surface area contributed by atoms with Crippen molar-refractivity contribution < 1.29 is 14.3 Å². The van der Waals surface area contributed by atoms with E-state index in [0.717, 1.165) is 11.4 Å². The van der Waals surface area contributed by atoms with Crippen molar-refractivity contribution in [3.8, 4) is 6.07 Å². The van der Waals surface area contributed by atoms with Crippen LogP contribution in [0, 0.1) is 11.3 Å². The van der Waals surface area contributed by atoms with Gasteiger partial charge < -0.3 is 14.6 Å². The number of methoxy groups -OCH3 is 1. The summed E-state index contributed by atoms with van der Waals surface area (Å²) < 4.78 is 4.69. The van der Waals surface area contributed by atoms with E-state index in [-0.39, 0.29) is 18.9 Å². The number of nitriles is 1. The van der Waals surface area contributed by atoms with E-state index in [1.165, 1.54) is 18.3 Å². The molecule has 0 saturated heterocycles. The molecule has 94 valence electrons. The van der Waals surface area contributed by atoms with Crippen molar-refractivity contribution in [2.45, 2.75) is 25.4 Å². The molecule has 18 heavy (non-hydrogen) atoms. The van der Waals surface area contributed by atoms with Gasteiger partial charge in [0.2, 0.25) is 5.91 Å². The normalized spacial score (nSPS) is 17.8. The second-order valence-corrected chi connectivity index (χ2v) is 3.93.